The number of carbonyl (C=O) groups is 1. The zero-order valence-corrected chi connectivity index (χ0v) is 10.1. The van der Waals surface area contributed by atoms with Gasteiger partial charge in [0.2, 0.25) is 5.91 Å². The van der Waals surface area contributed by atoms with Crippen molar-refractivity contribution >= 4 is 5.91 Å². The summed E-state index contributed by atoms with van der Waals surface area (Å²) in [4.78, 5) is 12.8. The van der Waals surface area contributed by atoms with Crippen molar-refractivity contribution in [3.63, 3.8) is 0 Å². The Morgan fingerprint density at radius 3 is 2.76 bits per heavy atom. The standard InChI is InChI=1S/C12H18N2O3/c1-3-14(8-12(13)16)7-9-4-5-10(15)11(6-9)17-2/h4-6,15H,3,7-8H2,1-2H3,(H2,13,16). The fourth-order valence-electron chi connectivity index (χ4n) is 1.58. The van der Waals surface area contributed by atoms with Gasteiger partial charge in [0.25, 0.3) is 0 Å². The van der Waals surface area contributed by atoms with Crippen molar-refractivity contribution < 1.29 is 14.6 Å². The lowest BCUT2D eigenvalue weighted by atomic mass is 10.2. The summed E-state index contributed by atoms with van der Waals surface area (Å²) in [7, 11) is 1.50. The van der Waals surface area contributed by atoms with Crippen LogP contribution in [-0.4, -0.2) is 36.1 Å². The fourth-order valence-corrected chi connectivity index (χ4v) is 1.58. The van der Waals surface area contributed by atoms with Gasteiger partial charge in [-0.25, -0.2) is 0 Å². The van der Waals surface area contributed by atoms with E-state index in [0.717, 1.165) is 12.1 Å². The van der Waals surface area contributed by atoms with Gasteiger partial charge >= 0.3 is 0 Å². The molecule has 1 rings (SSSR count). The number of phenols is 1. The molecule has 0 saturated carbocycles. The van der Waals surface area contributed by atoms with Crippen LogP contribution in [0.3, 0.4) is 0 Å². The molecule has 1 amide bonds. The highest BCUT2D eigenvalue weighted by Gasteiger charge is 2.09. The average Bonchev–Trinajstić information content (AvgIpc) is 2.30. The third kappa shape index (κ3) is 3.96. The molecule has 0 spiro atoms. The molecule has 0 bridgehead atoms. The van der Waals surface area contributed by atoms with Crippen LogP contribution in [0.5, 0.6) is 11.5 Å². The smallest absolute Gasteiger partial charge is 0.231 e. The minimum Gasteiger partial charge on any atom is -0.504 e. The molecule has 1 aromatic carbocycles. The molecule has 1 aromatic rings. The molecule has 0 aliphatic carbocycles. The molecule has 0 aromatic heterocycles. The lowest BCUT2D eigenvalue weighted by molar-refractivity contribution is -0.119. The van der Waals surface area contributed by atoms with Crippen molar-refractivity contribution in [2.45, 2.75) is 13.5 Å². The number of carbonyl (C=O) groups excluding carboxylic acids is 1. The van der Waals surface area contributed by atoms with E-state index in [1.54, 1.807) is 18.2 Å². The van der Waals surface area contributed by atoms with Crippen LogP contribution in [0.4, 0.5) is 0 Å². The largest absolute Gasteiger partial charge is 0.504 e. The van der Waals surface area contributed by atoms with E-state index in [0.29, 0.717) is 12.3 Å². The highest BCUT2D eigenvalue weighted by atomic mass is 16.5. The van der Waals surface area contributed by atoms with Gasteiger partial charge in [-0.05, 0) is 24.2 Å². The van der Waals surface area contributed by atoms with Crippen LogP contribution in [0.25, 0.3) is 0 Å². The summed E-state index contributed by atoms with van der Waals surface area (Å²) >= 11 is 0. The number of methoxy groups -OCH3 is 1. The summed E-state index contributed by atoms with van der Waals surface area (Å²) in [6, 6.07) is 5.12. The van der Waals surface area contributed by atoms with Gasteiger partial charge in [-0.15, -0.1) is 0 Å². The summed E-state index contributed by atoms with van der Waals surface area (Å²) < 4.78 is 5.02. The Morgan fingerprint density at radius 2 is 2.24 bits per heavy atom. The van der Waals surface area contributed by atoms with Gasteiger partial charge in [0.1, 0.15) is 0 Å². The third-order valence-electron chi connectivity index (χ3n) is 2.48. The van der Waals surface area contributed by atoms with Crippen molar-refractivity contribution in [2.24, 2.45) is 5.73 Å². The Morgan fingerprint density at radius 1 is 1.53 bits per heavy atom. The van der Waals surface area contributed by atoms with Crippen LogP contribution in [0, 0.1) is 0 Å². The molecule has 0 saturated heterocycles. The number of hydrogen-bond donors (Lipinski definition) is 2. The Balaban J connectivity index is 2.75. The highest BCUT2D eigenvalue weighted by molar-refractivity contribution is 5.75. The maximum atomic E-state index is 10.9. The summed E-state index contributed by atoms with van der Waals surface area (Å²) in [5.41, 5.74) is 6.12. The number of likely N-dealkylation sites (N-methyl/N-ethyl adjacent to an activating group) is 1. The number of benzene rings is 1. The number of rotatable bonds is 6. The molecule has 0 atom stereocenters. The molecule has 0 radical (unpaired) electrons. The maximum absolute atomic E-state index is 10.9. The number of primary amides is 1. The molecule has 5 nitrogen and oxygen atoms in total. The first-order valence-electron chi connectivity index (χ1n) is 5.43. The van der Waals surface area contributed by atoms with Gasteiger partial charge in [0.15, 0.2) is 11.5 Å². The predicted molar refractivity (Wildman–Crippen MR) is 64.8 cm³/mol. The van der Waals surface area contributed by atoms with Crippen LogP contribution in [0.1, 0.15) is 12.5 Å². The van der Waals surface area contributed by atoms with E-state index in [4.69, 9.17) is 10.5 Å². The average molecular weight is 238 g/mol. The molecule has 17 heavy (non-hydrogen) atoms. The first kappa shape index (κ1) is 13.3. The third-order valence-corrected chi connectivity index (χ3v) is 2.48. The van der Waals surface area contributed by atoms with Crippen molar-refractivity contribution in [1.82, 2.24) is 4.90 Å². The van der Waals surface area contributed by atoms with Crippen molar-refractivity contribution in [1.29, 1.82) is 0 Å². The Kier molecular flexibility index (Phi) is 4.78. The number of nitrogens with zero attached hydrogens (tertiary/aromatic N) is 1. The number of phenolic OH excluding ortho intramolecular Hbond substituents is 1. The zero-order valence-electron chi connectivity index (χ0n) is 10.1. The van der Waals surface area contributed by atoms with Gasteiger partial charge in [0, 0.05) is 6.54 Å². The number of nitrogens with two attached hydrogens (primary N) is 1. The molecule has 0 fully saturated rings. The normalized spacial score (nSPS) is 10.5. The van der Waals surface area contributed by atoms with Crippen LogP contribution < -0.4 is 10.5 Å². The highest BCUT2D eigenvalue weighted by Crippen LogP contribution is 2.26. The molecule has 0 aliphatic heterocycles. The molecule has 5 heteroatoms. The molecule has 0 heterocycles. The summed E-state index contributed by atoms with van der Waals surface area (Å²) in [5.74, 6) is 0.185. The number of ether oxygens (including phenoxy) is 1. The molecule has 94 valence electrons. The van der Waals surface area contributed by atoms with E-state index in [2.05, 4.69) is 0 Å². The first-order chi connectivity index (χ1) is 8.06. The molecular formula is C12H18N2O3. The van der Waals surface area contributed by atoms with Gasteiger partial charge in [-0.1, -0.05) is 13.0 Å². The van der Waals surface area contributed by atoms with Gasteiger partial charge < -0.3 is 15.6 Å². The SMILES string of the molecule is CCN(CC(N)=O)Cc1ccc(O)c(OC)c1. The molecule has 0 aliphatic rings. The predicted octanol–water partition coefficient (Wildman–Crippen LogP) is 0.708. The summed E-state index contributed by atoms with van der Waals surface area (Å²) in [6.07, 6.45) is 0. The zero-order chi connectivity index (χ0) is 12.8. The lowest BCUT2D eigenvalue weighted by Gasteiger charge is -2.18. The van der Waals surface area contributed by atoms with Crippen LogP contribution >= 0.6 is 0 Å². The van der Waals surface area contributed by atoms with E-state index >= 15 is 0 Å². The first-order valence-corrected chi connectivity index (χ1v) is 5.43. The van der Waals surface area contributed by atoms with E-state index in [9.17, 15) is 9.90 Å². The quantitative estimate of drug-likeness (QED) is 0.765. The van der Waals surface area contributed by atoms with E-state index in [1.807, 2.05) is 11.8 Å². The van der Waals surface area contributed by atoms with Gasteiger partial charge in [-0.2, -0.15) is 0 Å². The van der Waals surface area contributed by atoms with E-state index in [-0.39, 0.29) is 18.2 Å². The Hall–Kier alpha value is -1.75. The molecule has 3 N–H and O–H groups in total. The van der Waals surface area contributed by atoms with Crippen LogP contribution in [0.2, 0.25) is 0 Å². The topological polar surface area (TPSA) is 75.8 Å². The summed E-state index contributed by atoms with van der Waals surface area (Å²) in [6.45, 7) is 3.50. The number of aromatic hydroxyl groups is 1. The van der Waals surface area contributed by atoms with E-state index in [1.165, 1.54) is 7.11 Å². The van der Waals surface area contributed by atoms with Crippen LogP contribution in [-0.2, 0) is 11.3 Å². The fraction of sp³-hybridized carbons (Fsp3) is 0.417. The maximum Gasteiger partial charge on any atom is 0.231 e. The molecule has 0 unspecified atom stereocenters. The second-order valence-electron chi connectivity index (χ2n) is 3.78. The monoisotopic (exact) mass is 238 g/mol. The molecular weight excluding hydrogens is 220 g/mol. The van der Waals surface area contributed by atoms with Gasteiger partial charge in [-0.3, -0.25) is 9.69 Å². The Bertz CT molecular complexity index is 393. The van der Waals surface area contributed by atoms with Crippen LogP contribution in [0.15, 0.2) is 18.2 Å². The van der Waals surface area contributed by atoms with Crippen molar-refractivity contribution in [3.05, 3.63) is 23.8 Å². The number of amides is 1. The minimum absolute atomic E-state index is 0.106. The van der Waals surface area contributed by atoms with E-state index < -0.39 is 0 Å². The Labute approximate surface area is 101 Å². The second-order valence-corrected chi connectivity index (χ2v) is 3.78. The van der Waals surface area contributed by atoms with Crippen molar-refractivity contribution in [3.8, 4) is 11.5 Å². The summed E-state index contributed by atoms with van der Waals surface area (Å²) in [5, 5.41) is 9.46. The number of hydrogen-bond acceptors (Lipinski definition) is 4. The lowest BCUT2D eigenvalue weighted by Crippen LogP contribution is -2.33. The minimum atomic E-state index is -0.349. The second kappa shape index (κ2) is 6.10. The van der Waals surface area contributed by atoms with Crippen molar-refractivity contribution in [2.75, 3.05) is 20.2 Å². The van der Waals surface area contributed by atoms with Gasteiger partial charge in [0.05, 0.1) is 13.7 Å².